The van der Waals surface area contributed by atoms with Crippen molar-refractivity contribution in [3.63, 3.8) is 0 Å². The number of carbonyl (C=O) groups is 1. The van der Waals surface area contributed by atoms with Crippen molar-refractivity contribution in [2.75, 3.05) is 6.54 Å². The van der Waals surface area contributed by atoms with Gasteiger partial charge in [-0.3, -0.25) is 4.79 Å². The molecule has 0 fully saturated rings. The molecule has 2 atom stereocenters. The molecular formula is C16H22FNO2. The van der Waals surface area contributed by atoms with Crippen molar-refractivity contribution < 1.29 is 14.3 Å². The maximum absolute atomic E-state index is 13.3. The SMILES string of the molecule is CCC(C)C(O)CNC(=O)C/C=C/c1ccccc1F. The molecule has 0 bridgehead atoms. The third-order valence-electron chi connectivity index (χ3n) is 3.32. The molecule has 0 aliphatic rings. The second-order valence-electron chi connectivity index (χ2n) is 4.88. The van der Waals surface area contributed by atoms with Gasteiger partial charge >= 0.3 is 0 Å². The Kier molecular flexibility index (Phi) is 6.94. The van der Waals surface area contributed by atoms with Crippen LogP contribution in [-0.4, -0.2) is 23.7 Å². The zero-order chi connectivity index (χ0) is 15.0. The molecule has 2 N–H and O–H groups in total. The Morgan fingerprint density at radius 1 is 1.45 bits per heavy atom. The Morgan fingerprint density at radius 3 is 2.80 bits per heavy atom. The lowest BCUT2D eigenvalue weighted by atomic mass is 10.0. The Morgan fingerprint density at radius 2 is 2.15 bits per heavy atom. The highest BCUT2D eigenvalue weighted by Crippen LogP contribution is 2.09. The minimum atomic E-state index is -0.528. The molecule has 0 radical (unpaired) electrons. The number of hydrogen-bond donors (Lipinski definition) is 2. The summed E-state index contributed by atoms with van der Waals surface area (Å²) in [5.41, 5.74) is 0.458. The van der Waals surface area contributed by atoms with Crippen LogP contribution in [0, 0.1) is 11.7 Å². The second kappa shape index (κ2) is 8.48. The van der Waals surface area contributed by atoms with E-state index in [1.807, 2.05) is 13.8 Å². The molecule has 0 saturated carbocycles. The minimum absolute atomic E-state index is 0.157. The van der Waals surface area contributed by atoms with Crippen molar-refractivity contribution in [1.29, 1.82) is 0 Å². The van der Waals surface area contributed by atoms with E-state index in [9.17, 15) is 14.3 Å². The first-order chi connectivity index (χ1) is 9.54. The van der Waals surface area contributed by atoms with Crippen LogP contribution in [0.4, 0.5) is 4.39 Å². The van der Waals surface area contributed by atoms with Crippen LogP contribution in [0.15, 0.2) is 30.3 Å². The third kappa shape index (κ3) is 5.53. The first-order valence-corrected chi connectivity index (χ1v) is 6.90. The Balaban J connectivity index is 2.35. The third-order valence-corrected chi connectivity index (χ3v) is 3.32. The van der Waals surface area contributed by atoms with Gasteiger partial charge in [0.1, 0.15) is 5.82 Å². The van der Waals surface area contributed by atoms with E-state index < -0.39 is 6.10 Å². The van der Waals surface area contributed by atoms with Gasteiger partial charge in [-0.1, -0.05) is 50.6 Å². The number of benzene rings is 1. The van der Waals surface area contributed by atoms with Crippen LogP contribution in [0.3, 0.4) is 0 Å². The molecule has 20 heavy (non-hydrogen) atoms. The average Bonchev–Trinajstić information content (AvgIpc) is 2.45. The molecule has 0 aliphatic heterocycles. The van der Waals surface area contributed by atoms with Gasteiger partial charge in [0.05, 0.1) is 6.10 Å². The van der Waals surface area contributed by atoms with E-state index in [-0.39, 0.29) is 30.6 Å². The summed E-state index contributed by atoms with van der Waals surface area (Å²) in [6.45, 7) is 4.18. The summed E-state index contributed by atoms with van der Waals surface area (Å²) in [6.07, 6.45) is 3.70. The second-order valence-corrected chi connectivity index (χ2v) is 4.88. The summed E-state index contributed by atoms with van der Waals surface area (Å²) in [5.74, 6) is -0.333. The van der Waals surface area contributed by atoms with Gasteiger partial charge in [-0.15, -0.1) is 0 Å². The maximum Gasteiger partial charge on any atom is 0.223 e. The topological polar surface area (TPSA) is 49.3 Å². The number of hydrogen-bond acceptors (Lipinski definition) is 2. The number of rotatable bonds is 7. The van der Waals surface area contributed by atoms with E-state index in [1.165, 1.54) is 6.07 Å². The quantitative estimate of drug-likeness (QED) is 0.806. The van der Waals surface area contributed by atoms with Crippen LogP contribution < -0.4 is 5.32 Å². The Bertz CT molecular complexity index is 460. The summed E-state index contributed by atoms with van der Waals surface area (Å²) in [6, 6.07) is 6.39. The molecule has 0 spiro atoms. The molecule has 1 rings (SSSR count). The normalized spacial score (nSPS) is 14.2. The van der Waals surface area contributed by atoms with E-state index in [2.05, 4.69) is 5.32 Å². The highest BCUT2D eigenvalue weighted by Gasteiger charge is 2.12. The Labute approximate surface area is 119 Å². The molecule has 0 saturated heterocycles. The fourth-order valence-corrected chi connectivity index (χ4v) is 1.67. The zero-order valence-electron chi connectivity index (χ0n) is 12.0. The van der Waals surface area contributed by atoms with E-state index >= 15 is 0 Å². The van der Waals surface area contributed by atoms with Crippen LogP contribution in [-0.2, 0) is 4.79 Å². The zero-order valence-corrected chi connectivity index (χ0v) is 12.0. The number of amides is 1. The van der Waals surface area contributed by atoms with Gasteiger partial charge in [0.15, 0.2) is 0 Å². The summed E-state index contributed by atoms with van der Waals surface area (Å²) in [5, 5.41) is 12.4. The van der Waals surface area contributed by atoms with Crippen LogP contribution >= 0.6 is 0 Å². The van der Waals surface area contributed by atoms with Crippen LogP contribution in [0.1, 0.15) is 32.3 Å². The number of nitrogens with one attached hydrogen (secondary N) is 1. The van der Waals surface area contributed by atoms with Crippen LogP contribution in [0.25, 0.3) is 6.08 Å². The van der Waals surface area contributed by atoms with Crippen molar-refractivity contribution in [2.45, 2.75) is 32.8 Å². The smallest absolute Gasteiger partial charge is 0.223 e. The largest absolute Gasteiger partial charge is 0.391 e. The van der Waals surface area contributed by atoms with E-state index in [0.717, 1.165) is 6.42 Å². The van der Waals surface area contributed by atoms with E-state index in [1.54, 1.807) is 30.4 Å². The lowest BCUT2D eigenvalue weighted by Gasteiger charge is -2.17. The van der Waals surface area contributed by atoms with E-state index in [0.29, 0.717) is 5.56 Å². The number of aliphatic hydroxyl groups is 1. The molecule has 0 heterocycles. The van der Waals surface area contributed by atoms with Crippen molar-refractivity contribution in [1.82, 2.24) is 5.32 Å². The highest BCUT2D eigenvalue weighted by atomic mass is 19.1. The molecule has 1 aromatic carbocycles. The van der Waals surface area contributed by atoms with Crippen molar-refractivity contribution >= 4 is 12.0 Å². The lowest BCUT2D eigenvalue weighted by Crippen LogP contribution is -2.35. The number of carbonyl (C=O) groups excluding carboxylic acids is 1. The van der Waals surface area contributed by atoms with Gasteiger partial charge in [-0.05, 0) is 12.0 Å². The van der Waals surface area contributed by atoms with Gasteiger partial charge in [-0.25, -0.2) is 4.39 Å². The molecular weight excluding hydrogens is 257 g/mol. The molecule has 1 amide bonds. The molecule has 0 aromatic heterocycles. The molecule has 110 valence electrons. The van der Waals surface area contributed by atoms with Crippen LogP contribution in [0.5, 0.6) is 0 Å². The minimum Gasteiger partial charge on any atom is -0.391 e. The van der Waals surface area contributed by atoms with Gasteiger partial charge in [0, 0.05) is 18.5 Å². The average molecular weight is 279 g/mol. The van der Waals surface area contributed by atoms with Gasteiger partial charge in [0.2, 0.25) is 5.91 Å². The summed E-state index contributed by atoms with van der Waals surface area (Å²) < 4.78 is 13.3. The van der Waals surface area contributed by atoms with Crippen LogP contribution in [0.2, 0.25) is 0 Å². The monoisotopic (exact) mass is 279 g/mol. The molecule has 1 aromatic rings. The first-order valence-electron chi connectivity index (χ1n) is 6.90. The molecule has 2 unspecified atom stereocenters. The maximum atomic E-state index is 13.3. The predicted molar refractivity (Wildman–Crippen MR) is 78.5 cm³/mol. The van der Waals surface area contributed by atoms with E-state index in [4.69, 9.17) is 0 Å². The summed E-state index contributed by atoms with van der Waals surface area (Å²) >= 11 is 0. The molecule has 3 nitrogen and oxygen atoms in total. The summed E-state index contributed by atoms with van der Waals surface area (Å²) in [7, 11) is 0. The molecule has 0 aliphatic carbocycles. The first kappa shape index (κ1) is 16.4. The van der Waals surface area contributed by atoms with Gasteiger partial charge < -0.3 is 10.4 Å². The van der Waals surface area contributed by atoms with Crippen molar-refractivity contribution in [3.8, 4) is 0 Å². The number of aliphatic hydroxyl groups excluding tert-OH is 1. The van der Waals surface area contributed by atoms with Crippen molar-refractivity contribution in [2.24, 2.45) is 5.92 Å². The van der Waals surface area contributed by atoms with Crippen molar-refractivity contribution in [3.05, 3.63) is 41.7 Å². The highest BCUT2D eigenvalue weighted by molar-refractivity contribution is 5.78. The summed E-state index contributed by atoms with van der Waals surface area (Å²) in [4.78, 5) is 11.6. The van der Waals surface area contributed by atoms with Gasteiger partial charge in [-0.2, -0.15) is 0 Å². The fourth-order valence-electron chi connectivity index (χ4n) is 1.67. The van der Waals surface area contributed by atoms with Gasteiger partial charge in [0.25, 0.3) is 0 Å². The predicted octanol–water partition coefficient (Wildman–Crippen LogP) is 2.75. The fraction of sp³-hybridized carbons (Fsp3) is 0.438. The lowest BCUT2D eigenvalue weighted by molar-refractivity contribution is -0.120. The molecule has 4 heteroatoms. The Hall–Kier alpha value is -1.68. The number of halogens is 1. The standard InChI is InChI=1S/C16H22FNO2/c1-3-12(2)15(19)11-18-16(20)10-6-8-13-7-4-5-9-14(13)17/h4-9,12,15,19H,3,10-11H2,1-2H3,(H,18,20)/b8-6+.